The molecular formula is C24H38ClN5O. The SMILES string of the molecule is CCC(C)=C(CC)/C(Cl)=N\C(Nc1ccc(N2CC(C)NC(C)C2)c(OC)c1)=C(/C)N. The molecule has 2 atom stereocenters. The van der Waals surface area contributed by atoms with Crippen LogP contribution in [0, 0.1) is 0 Å². The lowest BCUT2D eigenvalue weighted by Gasteiger charge is -2.38. The number of halogens is 1. The van der Waals surface area contributed by atoms with Crippen molar-refractivity contribution in [3.8, 4) is 5.75 Å². The van der Waals surface area contributed by atoms with Gasteiger partial charge in [-0.15, -0.1) is 0 Å². The molecule has 0 spiro atoms. The number of ether oxygens (including phenoxy) is 1. The molecule has 4 N–H and O–H groups in total. The Balaban J connectivity index is 2.31. The van der Waals surface area contributed by atoms with E-state index in [2.05, 4.69) is 61.2 Å². The van der Waals surface area contributed by atoms with Crippen LogP contribution in [0.3, 0.4) is 0 Å². The Kier molecular flexibility index (Phi) is 9.26. The van der Waals surface area contributed by atoms with Crippen LogP contribution in [0.15, 0.2) is 45.9 Å². The number of allylic oxidation sites excluding steroid dienone is 3. The van der Waals surface area contributed by atoms with Gasteiger partial charge in [0.15, 0.2) is 5.82 Å². The number of nitrogens with one attached hydrogen (secondary N) is 2. The van der Waals surface area contributed by atoms with E-state index in [9.17, 15) is 0 Å². The molecule has 2 unspecified atom stereocenters. The van der Waals surface area contributed by atoms with Crippen molar-refractivity contribution in [1.29, 1.82) is 0 Å². The molecule has 1 aliphatic rings. The van der Waals surface area contributed by atoms with Gasteiger partial charge in [-0.2, -0.15) is 0 Å². The molecule has 2 rings (SSSR count). The summed E-state index contributed by atoms with van der Waals surface area (Å²) in [7, 11) is 1.70. The van der Waals surface area contributed by atoms with Crippen molar-refractivity contribution in [2.24, 2.45) is 10.7 Å². The van der Waals surface area contributed by atoms with Gasteiger partial charge in [0.25, 0.3) is 0 Å². The Hall–Kier alpha value is -2.18. The van der Waals surface area contributed by atoms with Crippen molar-refractivity contribution in [2.75, 3.05) is 30.4 Å². The van der Waals surface area contributed by atoms with Gasteiger partial charge in [0.2, 0.25) is 0 Å². The van der Waals surface area contributed by atoms with Crippen LogP contribution < -0.4 is 26.0 Å². The zero-order valence-electron chi connectivity index (χ0n) is 20.0. The molecule has 1 saturated heterocycles. The smallest absolute Gasteiger partial charge is 0.150 e. The van der Waals surface area contributed by atoms with Gasteiger partial charge in [-0.05, 0) is 58.2 Å². The first-order valence-corrected chi connectivity index (χ1v) is 11.4. The largest absolute Gasteiger partial charge is 0.495 e. The Labute approximate surface area is 192 Å². The van der Waals surface area contributed by atoms with Crippen molar-refractivity contribution in [2.45, 2.75) is 66.5 Å². The number of hydrogen-bond acceptors (Lipinski definition) is 6. The molecule has 0 saturated carbocycles. The van der Waals surface area contributed by atoms with Gasteiger partial charge < -0.3 is 26.0 Å². The van der Waals surface area contributed by atoms with Crippen molar-refractivity contribution >= 4 is 28.1 Å². The number of aliphatic imine (C=N–C) groups is 1. The van der Waals surface area contributed by atoms with E-state index in [1.165, 1.54) is 5.57 Å². The van der Waals surface area contributed by atoms with E-state index >= 15 is 0 Å². The van der Waals surface area contributed by atoms with E-state index in [0.29, 0.717) is 28.8 Å². The fourth-order valence-electron chi connectivity index (χ4n) is 3.89. The highest BCUT2D eigenvalue weighted by Crippen LogP contribution is 2.33. The first-order chi connectivity index (χ1) is 14.7. The van der Waals surface area contributed by atoms with Gasteiger partial charge in [-0.25, -0.2) is 4.99 Å². The predicted molar refractivity (Wildman–Crippen MR) is 134 cm³/mol. The molecular weight excluding hydrogens is 410 g/mol. The number of hydrogen-bond donors (Lipinski definition) is 3. The summed E-state index contributed by atoms with van der Waals surface area (Å²) in [5.41, 5.74) is 10.9. The lowest BCUT2D eigenvalue weighted by molar-refractivity contribution is 0.391. The minimum Gasteiger partial charge on any atom is -0.495 e. The molecule has 1 aromatic rings. The topological polar surface area (TPSA) is 74.9 Å². The third kappa shape index (κ3) is 6.65. The zero-order chi connectivity index (χ0) is 23.1. The van der Waals surface area contributed by atoms with Crippen LogP contribution in [-0.4, -0.2) is 37.5 Å². The third-order valence-corrected chi connectivity index (χ3v) is 5.88. The highest BCUT2D eigenvalue weighted by molar-refractivity contribution is 6.69. The summed E-state index contributed by atoms with van der Waals surface area (Å²) >= 11 is 6.56. The van der Waals surface area contributed by atoms with Crippen LogP contribution in [0.25, 0.3) is 0 Å². The standard InChI is InChI=1S/C24H38ClN5O/c1-8-15(3)20(9-2)23(25)29-24(18(6)26)28-19-10-11-21(22(12-19)31-7)30-13-16(4)27-17(5)14-30/h10-12,16-17,27-28H,8-9,13-14,26H2,1-7H3/b20-15?,24-18+,29-23+. The lowest BCUT2D eigenvalue weighted by Crippen LogP contribution is -2.54. The highest BCUT2D eigenvalue weighted by atomic mass is 35.5. The Morgan fingerprint density at radius 3 is 2.39 bits per heavy atom. The quantitative estimate of drug-likeness (QED) is 0.476. The lowest BCUT2D eigenvalue weighted by atomic mass is 10.1. The van der Waals surface area contributed by atoms with Gasteiger partial charge in [-0.3, -0.25) is 0 Å². The van der Waals surface area contributed by atoms with Crippen LogP contribution in [0.1, 0.15) is 54.4 Å². The van der Waals surface area contributed by atoms with Gasteiger partial charge in [-0.1, -0.05) is 31.0 Å². The molecule has 1 aromatic carbocycles. The molecule has 172 valence electrons. The Bertz CT molecular complexity index is 848. The minimum absolute atomic E-state index is 0.421. The Morgan fingerprint density at radius 2 is 1.87 bits per heavy atom. The number of nitrogens with two attached hydrogens (primary N) is 1. The van der Waals surface area contributed by atoms with Crippen molar-refractivity contribution in [3.63, 3.8) is 0 Å². The number of methoxy groups -OCH3 is 1. The van der Waals surface area contributed by atoms with Crippen molar-refractivity contribution in [3.05, 3.63) is 40.9 Å². The summed E-state index contributed by atoms with van der Waals surface area (Å²) in [5, 5.41) is 7.36. The zero-order valence-corrected chi connectivity index (χ0v) is 20.7. The molecule has 0 aliphatic carbocycles. The summed E-state index contributed by atoms with van der Waals surface area (Å²) in [4.78, 5) is 6.97. The van der Waals surface area contributed by atoms with Crippen LogP contribution in [0.2, 0.25) is 0 Å². The van der Waals surface area contributed by atoms with E-state index < -0.39 is 0 Å². The van der Waals surface area contributed by atoms with Gasteiger partial charge >= 0.3 is 0 Å². The summed E-state index contributed by atoms with van der Waals surface area (Å²) < 4.78 is 5.72. The molecule has 0 bridgehead atoms. The van der Waals surface area contributed by atoms with Crippen LogP contribution in [-0.2, 0) is 0 Å². The number of benzene rings is 1. The second kappa shape index (κ2) is 11.4. The van der Waals surface area contributed by atoms with Crippen molar-refractivity contribution in [1.82, 2.24) is 5.32 Å². The van der Waals surface area contributed by atoms with Crippen LogP contribution in [0.4, 0.5) is 11.4 Å². The fraction of sp³-hybridized carbons (Fsp3) is 0.542. The average Bonchev–Trinajstić information content (AvgIpc) is 2.72. The molecule has 31 heavy (non-hydrogen) atoms. The molecule has 0 radical (unpaired) electrons. The monoisotopic (exact) mass is 447 g/mol. The maximum atomic E-state index is 6.56. The third-order valence-electron chi connectivity index (χ3n) is 5.57. The van der Waals surface area contributed by atoms with Crippen LogP contribution >= 0.6 is 11.6 Å². The van der Waals surface area contributed by atoms with Crippen molar-refractivity contribution < 1.29 is 4.74 Å². The summed E-state index contributed by atoms with van der Waals surface area (Å²) in [6.45, 7) is 14.4. The van der Waals surface area contributed by atoms with Gasteiger partial charge in [0.05, 0.1) is 12.8 Å². The number of piperazine rings is 1. The maximum Gasteiger partial charge on any atom is 0.150 e. The predicted octanol–water partition coefficient (Wildman–Crippen LogP) is 5.22. The first-order valence-electron chi connectivity index (χ1n) is 11.1. The minimum atomic E-state index is 0.421. The number of rotatable bonds is 8. The summed E-state index contributed by atoms with van der Waals surface area (Å²) in [5.74, 6) is 1.35. The van der Waals surface area contributed by atoms with Gasteiger partial charge in [0, 0.05) is 42.6 Å². The van der Waals surface area contributed by atoms with E-state index in [1.54, 1.807) is 7.11 Å². The maximum absolute atomic E-state index is 6.56. The fourth-order valence-corrected chi connectivity index (χ4v) is 4.27. The number of anilines is 2. The second-order valence-electron chi connectivity index (χ2n) is 8.29. The highest BCUT2D eigenvalue weighted by Gasteiger charge is 2.23. The molecule has 0 amide bonds. The average molecular weight is 448 g/mol. The Morgan fingerprint density at radius 1 is 1.23 bits per heavy atom. The van der Waals surface area contributed by atoms with E-state index in [-0.39, 0.29) is 0 Å². The first kappa shape index (κ1) is 25.1. The second-order valence-corrected chi connectivity index (χ2v) is 8.64. The molecule has 7 heteroatoms. The van der Waals surface area contributed by atoms with E-state index in [1.807, 2.05) is 19.1 Å². The molecule has 6 nitrogen and oxygen atoms in total. The molecule has 1 heterocycles. The normalized spacial score (nSPS) is 21.4. The molecule has 0 aromatic heterocycles. The summed E-state index contributed by atoms with van der Waals surface area (Å²) in [6.07, 6.45) is 1.76. The van der Waals surface area contributed by atoms with E-state index in [0.717, 1.165) is 48.6 Å². The summed E-state index contributed by atoms with van der Waals surface area (Å²) in [6, 6.07) is 6.93. The number of nitrogens with zero attached hydrogens (tertiary/aromatic N) is 2. The molecule has 1 fully saturated rings. The van der Waals surface area contributed by atoms with E-state index in [4.69, 9.17) is 22.1 Å². The molecule has 1 aliphatic heterocycles. The van der Waals surface area contributed by atoms with Crippen LogP contribution in [0.5, 0.6) is 5.75 Å². The van der Waals surface area contributed by atoms with Gasteiger partial charge in [0.1, 0.15) is 10.9 Å².